The van der Waals surface area contributed by atoms with E-state index >= 15 is 0 Å². The number of anilines is 1. The molecular formula is C22H19BrN4O3. The molecule has 152 valence electrons. The summed E-state index contributed by atoms with van der Waals surface area (Å²) < 4.78 is 12.2. The average Bonchev–Trinajstić information content (AvgIpc) is 3.20. The number of aromatic nitrogens is 1. The smallest absolute Gasteiger partial charge is 0.266 e. The normalized spacial score (nSPS) is 17.6. The molecule has 5 rings (SSSR count). The van der Waals surface area contributed by atoms with Crippen molar-refractivity contribution in [2.75, 3.05) is 31.1 Å². The van der Waals surface area contributed by atoms with Gasteiger partial charge in [0.25, 0.3) is 5.89 Å². The van der Waals surface area contributed by atoms with Crippen LogP contribution in [-0.2, 0) is 10.2 Å². The van der Waals surface area contributed by atoms with Gasteiger partial charge in [-0.15, -0.1) is 0 Å². The second kappa shape index (κ2) is 7.33. The number of piperazine rings is 1. The van der Waals surface area contributed by atoms with Gasteiger partial charge in [-0.2, -0.15) is 10.2 Å². The minimum absolute atomic E-state index is 0.189. The van der Waals surface area contributed by atoms with E-state index in [2.05, 4.69) is 27.0 Å². The maximum Gasteiger partial charge on any atom is 0.266 e. The first kappa shape index (κ1) is 18.9. The van der Waals surface area contributed by atoms with E-state index in [-0.39, 0.29) is 22.9 Å². The summed E-state index contributed by atoms with van der Waals surface area (Å²) >= 11 is 3.51. The molecule has 0 radical (unpaired) electrons. The second-order valence-corrected chi connectivity index (χ2v) is 8.55. The molecule has 0 bridgehead atoms. The quantitative estimate of drug-likeness (QED) is 0.578. The van der Waals surface area contributed by atoms with Crippen LogP contribution in [0.4, 0.5) is 5.88 Å². The number of benzene rings is 1. The Balaban J connectivity index is 1.30. The minimum Gasteiger partial charge on any atom is -0.459 e. The largest absolute Gasteiger partial charge is 0.459 e. The van der Waals surface area contributed by atoms with Gasteiger partial charge in [0.2, 0.25) is 17.5 Å². The monoisotopic (exact) mass is 466 g/mol. The van der Waals surface area contributed by atoms with Crippen LogP contribution in [-0.4, -0.2) is 42.0 Å². The van der Waals surface area contributed by atoms with E-state index in [9.17, 15) is 10.1 Å². The van der Waals surface area contributed by atoms with Crippen LogP contribution < -0.4 is 4.90 Å². The lowest BCUT2D eigenvalue weighted by molar-refractivity contribution is -0.134. The molecule has 1 aromatic carbocycles. The van der Waals surface area contributed by atoms with E-state index in [0.29, 0.717) is 37.8 Å². The number of oxazole rings is 1. The number of hydrogen-bond donors (Lipinski definition) is 0. The number of hydrogen-bond acceptors (Lipinski definition) is 6. The molecular weight excluding hydrogens is 448 g/mol. The van der Waals surface area contributed by atoms with Gasteiger partial charge in [-0.1, -0.05) is 28.1 Å². The molecule has 2 fully saturated rings. The predicted octanol–water partition coefficient (Wildman–Crippen LogP) is 3.95. The number of halogens is 1. The SMILES string of the molecule is N#Cc1nc(-c2ccco2)oc1N1CCN(C(=O)C2(c3cccc(Br)c3)CC2)CC1. The summed E-state index contributed by atoms with van der Waals surface area (Å²) in [6.45, 7) is 2.33. The Kier molecular flexibility index (Phi) is 4.63. The second-order valence-electron chi connectivity index (χ2n) is 7.63. The predicted molar refractivity (Wildman–Crippen MR) is 113 cm³/mol. The zero-order valence-electron chi connectivity index (χ0n) is 16.2. The maximum absolute atomic E-state index is 13.3. The Morgan fingerprint density at radius 1 is 1.17 bits per heavy atom. The lowest BCUT2D eigenvalue weighted by Gasteiger charge is -2.36. The molecule has 3 aromatic rings. The van der Waals surface area contributed by atoms with Gasteiger partial charge in [-0.3, -0.25) is 4.79 Å². The number of carbonyl (C=O) groups is 1. The Labute approximate surface area is 182 Å². The van der Waals surface area contributed by atoms with Crippen molar-refractivity contribution < 1.29 is 13.6 Å². The van der Waals surface area contributed by atoms with Crippen LogP contribution >= 0.6 is 15.9 Å². The van der Waals surface area contributed by atoms with Crippen LogP contribution in [0.1, 0.15) is 24.1 Å². The molecule has 1 amide bonds. The number of nitriles is 1. The van der Waals surface area contributed by atoms with Crippen LogP contribution in [0.15, 0.2) is 56.0 Å². The zero-order valence-corrected chi connectivity index (χ0v) is 17.8. The Hall–Kier alpha value is -3.05. The first-order valence-corrected chi connectivity index (χ1v) is 10.7. The van der Waals surface area contributed by atoms with E-state index in [4.69, 9.17) is 8.83 Å². The zero-order chi connectivity index (χ0) is 20.7. The topological polar surface area (TPSA) is 86.5 Å². The van der Waals surface area contributed by atoms with Crippen molar-refractivity contribution >= 4 is 27.7 Å². The van der Waals surface area contributed by atoms with Crippen LogP contribution in [0, 0.1) is 11.3 Å². The summed E-state index contributed by atoms with van der Waals surface area (Å²) in [4.78, 5) is 21.5. The van der Waals surface area contributed by atoms with Gasteiger partial charge in [0, 0.05) is 30.7 Å². The first-order chi connectivity index (χ1) is 14.6. The summed E-state index contributed by atoms with van der Waals surface area (Å²) in [5, 5.41) is 9.47. The molecule has 0 atom stereocenters. The summed E-state index contributed by atoms with van der Waals surface area (Å²) in [5.41, 5.74) is 0.922. The van der Waals surface area contributed by atoms with Gasteiger partial charge in [0.15, 0.2) is 5.76 Å². The van der Waals surface area contributed by atoms with Crippen LogP contribution in [0.25, 0.3) is 11.7 Å². The number of nitrogens with zero attached hydrogens (tertiary/aromatic N) is 4. The van der Waals surface area contributed by atoms with Crippen molar-refractivity contribution in [2.45, 2.75) is 18.3 Å². The summed E-state index contributed by atoms with van der Waals surface area (Å²) in [6.07, 6.45) is 3.31. The number of rotatable bonds is 4. The third kappa shape index (κ3) is 3.19. The van der Waals surface area contributed by atoms with Crippen LogP contribution in [0.3, 0.4) is 0 Å². The Morgan fingerprint density at radius 2 is 1.97 bits per heavy atom. The van der Waals surface area contributed by atoms with Gasteiger partial charge in [-0.25, -0.2) is 0 Å². The lowest BCUT2D eigenvalue weighted by atomic mass is 9.94. The van der Waals surface area contributed by atoms with Gasteiger partial charge in [0.1, 0.15) is 6.07 Å². The third-order valence-corrected chi connectivity index (χ3v) is 6.33. The number of amides is 1. The molecule has 0 spiro atoms. The molecule has 8 heteroatoms. The van der Waals surface area contributed by atoms with Crippen molar-refractivity contribution in [1.29, 1.82) is 5.26 Å². The van der Waals surface area contributed by atoms with Crippen molar-refractivity contribution in [2.24, 2.45) is 0 Å². The van der Waals surface area contributed by atoms with Crippen LogP contribution in [0.2, 0.25) is 0 Å². The van der Waals surface area contributed by atoms with Gasteiger partial charge < -0.3 is 18.6 Å². The fraction of sp³-hybridized carbons (Fsp3) is 0.318. The molecule has 0 unspecified atom stereocenters. The highest BCUT2D eigenvalue weighted by Gasteiger charge is 2.53. The Morgan fingerprint density at radius 3 is 2.60 bits per heavy atom. The highest BCUT2D eigenvalue weighted by atomic mass is 79.9. The molecule has 7 nitrogen and oxygen atoms in total. The van der Waals surface area contributed by atoms with Crippen molar-refractivity contribution in [1.82, 2.24) is 9.88 Å². The molecule has 0 N–H and O–H groups in total. The molecule has 1 aliphatic heterocycles. The minimum atomic E-state index is -0.386. The van der Waals surface area contributed by atoms with E-state index in [0.717, 1.165) is 22.9 Å². The lowest BCUT2D eigenvalue weighted by Crippen LogP contribution is -2.51. The van der Waals surface area contributed by atoms with E-state index in [1.165, 1.54) is 6.26 Å². The van der Waals surface area contributed by atoms with E-state index in [1.54, 1.807) is 12.1 Å². The molecule has 2 aliphatic rings. The molecule has 30 heavy (non-hydrogen) atoms. The fourth-order valence-corrected chi connectivity index (χ4v) is 4.46. The molecule has 3 heterocycles. The summed E-state index contributed by atoms with van der Waals surface area (Å²) in [6, 6.07) is 13.6. The summed E-state index contributed by atoms with van der Waals surface area (Å²) in [7, 11) is 0. The first-order valence-electron chi connectivity index (χ1n) is 9.86. The van der Waals surface area contributed by atoms with E-state index < -0.39 is 0 Å². The van der Waals surface area contributed by atoms with Crippen LogP contribution in [0.5, 0.6) is 0 Å². The Bertz CT molecular complexity index is 1120. The van der Waals surface area contributed by atoms with Gasteiger partial charge in [-0.05, 0) is 42.7 Å². The molecule has 1 aliphatic carbocycles. The summed E-state index contributed by atoms with van der Waals surface area (Å²) in [5.74, 6) is 1.40. The van der Waals surface area contributed by atoms with Gasteiger partial charge in [0.05, 0.1) is 11.7 Å². The standard InChI is InChI=1S/C22H19BrN4O3/c23-16-4-1-3-15(13-16)22(6-7-22)21(28)27-10-8-26(9-11-27)20-17(14-24)25-19(30-20)18-5-2-12-29-18/h1-5,12-13H,6-11H2. The highest BCUT2D eigenvalue weighted by Crippen LogP contribution is 2.50. The molecule has 1 saturated carbocycles. The molecule has 2 aromatic heterocycles. The third-order valence-electron chi connectivity index (χ3n) is 5.84. The average molecular weight is 467 g/mol. The van der Waals surface area contributed by atoms with Crippen molar-refractivity contribution in [3.63, 3.8) is 0 Å². The van der Waals surface area contributed by atoms with Crippen molar-refractivity contribution in [3.8, 4) is 17.7 Å². The fourth-order valence-electron chi connectivity index (χ4n) is 4.06. The number of furan rings is 1. The van der Waals surface area contributed by atoms with E-state index in [1.807, 2.05) is 34.1 Å². The molecule has 1 saturated heterocycles. The highest BCUT2D eigenvalue weighted by molar-refractivity contribution is 9.10. The van der Waals surface area contributed by atoms with Crippen molar-refractivity contribution in [3.05, 3.63) is 58.4 Å². The number of carbonyl (C=O) groups excluding carboxylic acids is 1. The van der Waals surface area contributed by atoms with Gasteiger partial charge >= 0.3 is 0 Å². The maximum atomic E-state index is 13.3.